The number of rotatable bonds is 5. The Kier molecular flexibility index (Phi) is 4.25. The largest absolute Gasteiger partial charge is 0.494 e. The van der Waals surface area contributed by atoms with E-state index >= 15 is 0 Å². The average molecular weight is 227 g/mol. The number of halogens is 1. The quantitative estimate of drug-likeness (QED) is 0.798. The Bertz CT molecular complexity index is 381. The topological polar surface area (TPSA) is 58.6 Å². The Morgan fingerprint density at radius 1 is 1.62 bits per heavy atom. The zero-order chi connectivity index (χ0) is 12.1. The van der Waals surface area contributed by atoms with E-state index in [0.717, 1.165) is 0 Å². The van der Waals surface area contributed by atoms with Gasteiger partial charge < -0.3 is 15.2 Å². The maximum Gasteiger partial charge on any atom is 0.320 e. The predicted octanol–water partition coefficient (Wildman–Crippen LogP) is 1.40. The van der Waals surface area contributed by atoms with Gasteiger partial charge in [-0.1, -0.05) is 6.07 Å². The highest BCUT2D eigenvalue weighted by atomic mass is 19.1. The van der Waals surface area contributed by atoms with Gasteiger partial charge in [-0.2, -0.15) is 0 Å². The van der Waals surface area contributed by atoms with Crippen LogP contribution in [-0.4, -0.2) is 24.2 Å². The van der Waals surface area contributed by atoms with Gasteiger partial charge in [0.1, 0.15) is 6.04 Å². The van der Waals surface area contributed by atoms with Crippen molar-refractivity contribution >= 4 is 5.97 Å². The van der Waals surface area contributed by atoms with E-state index in [1.807, 2.05) is 0 Å². The van der Waals surface area contributed by atoms with Crippen molar-refractivity contribution in [2.24, 2.45) is 0 Å². The minimum absolute atomic E-state index is 0.176. The van der Waals surface area contributed by atoms with Gasteiger partial charge >= 0.3 is 5.97 Å². The fourth-order valence-corrected chi connectivity index (χ4v) is 1.18. The summed E-state index contributed by atoms with van der Waals surface area (Å²) in [5, 5.41) is 11.4. The minimum Gasteiger partial charge on any atom is -0.494 e. The molecular formula is C11H14FNO3. The molecule has 0 spiro atoms. The molecule has 0 amide bonds. The first-order valence-electron chi connectivity index (χ1n) is 4.83. The Labute approximate surface area is 93.0 Å². The summed E-state index contributed by atoms with van der Waals surface area (Å²) in [6.07, 6.45) is 0. The molecule has 0 radical (unpaired) electrons. The van der Waals surface area contributed by atoms with Crippen LogP contribution < -0.4 is 10.1 Å². The minimum atomic E-state index is -0.936. The average Bonchev–Trinajstić information content (AvgIpc) is 2.25. The molecule has 2 N–H and O–H groups in total. The summed E-state index contributed by atoms with van der Waals surface area (Å²) in [6, 6.07) is 3.85. The molecule has 0 saturated carbocycles. The summed E-state index contributed by atoms with van der Waals surface area (Å²) < 4.78 is 18.0. The van der Waals surface area contributed by atoms with Crippen LogP contribution in [0.25, 0.3) is 0 Å². The van der Waals surface area contributed by atoms with E-state index in [2.05, 4.69) is 5.32 Å². The van der Waals surface area contributed by atoms with Gasteiger partial charge in [-0.25, -0.2) is 4.39 Å². The van der Waals surface area contributed by atoms with Crippen LogP contribution in [-0.2, 0) is 11.3 Å². The molecule has 1 atom stereocenters. The molecule has 1 aromatic rings. The molecule has 0 aliphatic rings. The molecule has 0 heterocycles. The molecule has 4 nitrogen and oxygen atoms in total. The van der Waals surface area contributed by atoms with Crippen molar-refractivity contribution in [3.8, 4) is 5.75 Å². The second kappa shape index (κ2) is 5.46. The van der Waals surface area contributed by atoms with Crippen molar-refractivity contribution in [1.29, 1.82) is 0 Å². The van der Waals surface area contributed by atoms with Crippen molar-refractivity contribution in [2.45, 2.75) is 19.5 Å². The number of hydrogen-bond acceptors (Lipinski definition) is 3. The molecule has 5 heteroatoms. The molecule has 0 aliphatic heterocycles. The van der Waals surface area contributed by atoms with E-state index in [0.29, 0.717) is 12.1 Å². The second-order valence-electron chi connectivity index (χ2n) is 3.41. The summed E-state index contributed by atoms with van der Waals surface area (Å²) in [6.45, 7) is 1.83. The van der Waals surface area contributed by atoms with Crippen molar-refractivity contribution in [3.63, 3.8) is 0 Å². The lowest BCUT2D eigenvalue weighted by atomic mass is 10.2. The molecule has 0 bridgehead atoms. The first kappa shape index (κ1) is 12.4. The van der Waals surface area contributed by atoms with E-state index in [9.17, 15) is 9.18 Å². The summed E-state index contributed by atoms with van der Waals surface area (Å²) in [5.41, 5.74) is 0.673. The summed E-state index contributed by atoms with van der Waals surface area (Å²) >= 11 is 0. The molecule has 0 fully saturated rings. The van der Waals surface area contributed by atoms with Gasteiger partial charge in [0.05, 0.1) is 7.11 Å². The van der Waals surface area contributed by atoms with Crippen LogP contribution in [0.1, 0.15) is 12.5 Å². The smallest absolute Gasteiger partial charge is 0.320 e. The van der Waals surface area contributed by atoms with Crippen LogP contribution in [0.2, 0.25) is 0 Å². The van der Waals surface area contributed by atoms with Gasteiger partial charge in [-0.15, -0.1) is 0 Å². The lowest BCUT2D eigenvalue weighted by Gasteiger charge is -2.09. The Morgan fingerprint density at radius 3 is 2.81 bits per heavy atom. The molecule has 0 unspecified atom stereocenters. The number of carboxylic acids is 1. The van der Waals surface area contributed by atoms with Crippen LogP contribution in [0.5, 0.6) is 5.75 Å². The zero-order valence-electron chi connectivity index (χ0n) is 9.16. The standard InChI is InChI=1S/C11H14FNO3/c1-7(11(14)15)13-6-8-3-4-10(16-2)9(12)5-8/h3-5,7,13H,6H2,1-2H3,(H,14,15)/t7-/m1/s1. The van der Waals surface area contributed by atoms with Gasteiger partial charge in [0, 0.05) is 6.54 Å². The SMILES string of the molecule is COc1ccc(CN[C@H](C)C(=O)O)cc1F. The molecular weight excluding hydrogens is 213 g/mol. The summed E-state index contributed by atoms with van der Waals surface area (Å²) in [7, 11) is 1.39. The normalized spacial score (nSPS) is 12.2. The maximum atomic E-state index is 13.3. The van der Waals surface area contributed by atoms with Gasteiger partial charge in [0.25, 0.3) is 0 Å². The monoisotopic (exact) mass is 227 g/mol. The van der Waals surface area contributed by atoms with E-state index in [1.165, 1.54) is 26.2 Å². The number of methoxy groups -OCH3 is 1. The molecule has 88 valence electrons. The van der Waals surface area contributed by atoms with Crippen molar-refractivity contribution < 1.29 is 19.0 Å². The van der Waals surface area contributed by atoms with Crippen molar-refractivity contribution in [2.75, 3.05) is 7.11 Å². The van der Waals surface area contributed by atoms with Gasteiger partial charge in [-0.05, 0) is 24.6 Å². The number of carbonyl (C=O) groups is 1. The lowest BCUT2D eigenvalue weighted by Crippen LogP contribution is -2.33. The van der Waals surface area contributed by atoms with E-state index in [4.69, 9.17) is 9.84 Å². The molecule has 16 heavy (non-hydrogen) atoms. The van der Waals surface area contributed by atoms with E-state index in [-0.39, 0.29) is 5.75 Å². The number of ether oxygens (including phenoxy) is 1. The molecule has 1 aromatic carbocycles. The number of aliphatic carboxylic acids is 1. The van der Waals surface area contributed by atoms with Gasteiger partial charge in [0.15, 0.2) is 11.6 Å². The number of carboxylic acid groups (broad SMARTS) is 1. The van der Waals surface area contributed by atoms with Crippen LogP contribution in [0, 0.1) is 5.82 Å². The zero-order valence-corrected chi connectivity index (χ0v) is 9.16. The number of nitrogens with one attached hydrogen (secondary N) is 1. The third-order valence-electron chi connectivity index (χ3n) is 2.20. The second-order valence-corrected chi connectivity index (χ2v) is 3.41. The van der Waals surface area contributed by atoms with Crippen molar-refractivity contribution in [1.82, 2.24) is 5.32 Å². The maximum absolute atomic E-state index is 13.3. The first-order chi connectivity index (χ1) is 7.54. The highest BCUT2D eigenvalue weighted by Gasteiger charge is 2.10. The van der Waals surface area contributed by atoms with Gasteiger partial charge in [0.2, 0.25) is 0 Å². The summed E-state index contributed by atoms with van der Waals surface area (Å²) in [5.74, 6) is -1.21. The van der Waals surface area contributed by atoms with Crippen LogP contribution in [0.15, 0.2) is 18.2 Å². The predicted molar refractivity (Wildman–Crippen MR) is 56.9 cm³/mol. The molecule has 1 rings (SSSR count). The van der Waals surface area contributed by atoms with E-state index in [1.54, 1.807) is 6.07 Å². The lowest BCUT2D eigenvalue weighted by molar-refractivity contribution is -0.139. The summed E-state index contributed by atoms with van der Waals surface area (Å²) in [4.78, 5) is 10.5. The van der Waals surface area contributed by atoms with Crippen LogP contribution in [0.4, 0.5) is 4.39 Å². The molecule has 0 aromatic heterocycles. The fourth-order valence-electron chi connectivity index (χ4n) is 1.18. The third-order valence-corrected chi connectivity index (χ3v) is 2.20. The Morgan fingerprint density at radius 2 is 2.31 bits per heavy atom. The Balaban J connectivity index is 2.62. The molecule has 0 aliphatic carbocycles. The van der Waals surface area contributed by atoms with Gasteiger partial charge in [-0.3, -0.25) is 4.79 Å². The highest BCUT2D eigenvalue weighted by molar-refractivity contribution is 5.72. The Hall–Kier alpha value is -1.62. The highest BCUT2D eigenvalue weighted by Crippen LogP contribution is 2.17. The first-order valence-corrected chi connectivity index (χ1v) is 4.83. The molecule has 0 saturated heterocycles. The van der Waals surface area contributed by atoms with Crippen LogP contribution in [0.3, 0.4) is 0 Å². The van der Waals surface area contributed by atoms with Crippen molar-refractivity contribution in [3.05, 3.63) is 29.6 Å². The fraction of sp³-hybridized carbons (Fsp3) is 0.364. The van der Waals surface area contributed by atoms with Crippen LogP contribution >= 0.6 is 0 Å². The third kappa shape index (κ3) is 3.20. The number of hydrogen-bond donors (Lipinski definition) is 2. The van der Waals surface area contributed by atoms with E-state index < -0.39 is 17.8 Å². The number of benzene rings is 1.